The molecule has 1 atom stereocenters. The summed E-state index contributed by atoms with van der Waals surface area (Å²) in [5.74, 6) is 1.08. The molecule has 2 aromatic rings. The predicted molar refractivity (Wildman–Crippen MR) is 118 cm³/mol. The Kier molecular flexibility index (Phi) is 5.67. The van der Waals surface area contributed by atoms with Gasteiger partial charge >= 0.3 is 0 Å². The summed E-state index contributed by atoms with van der Waals surface area (Å²) in [6.07, 6.45) is 0.546. The molecule has 3 N–H and O–H groups in total. The minimum Gasteiger partial charge on any atom is -0.378 e. The molecule has 1 fully saturated rings. The first-order valence-electron chi connectivity index (χ1n) is 10.1. The quantitative estimate of drug-likeness (QED) is 0.837. The minimum atomic E-state index is -0.388. The molecule has 0 bridgehead atoms. The van der Waals surface area contributed by atoms with E-state index in [1.807, 2.05) is 6.07 Å². The van der Waals surface area contributed by atoms with Gasteiger partial charge in [-0.25, -0.2) is 4.99 Å². The van der Waals surface area contributed by atoms with E-state index in [9.17, 15) is 0 Å². The average molecular weight is 393 g/mol. The van der Waals surface area contributed by atoms with Crippen molar-refractivity contribution in [1.82, 2.24) is 4.90 Å². The van der Waals surface area contributed by atoms with Crippen molar-refractivity contribution in [3.05, 3.63) is 59.7 Å². The van der Waals surface area contributed by atoms with Gasteiger partial charge in [-0.1, -0.05) is 42.8 Å². The van der Waals surface area contributed by atoms with E-state index in [4.69, 9.17) is 10.5 Å². The second-order valence-corrected chi connectivity index (χ2v) is 7.23. The van der Waals surface area contributed by atoms with Crippen molar-refractivity contribution in [2.24, 2.45) is 15.7 Å². The normalized spacial score (nSPS) is 19.6. The predicted octanol–water partition coefficient (Wildman–Crippen LogP) is 2.78. The molecule has 7 heteroatoms. The zero-order chi connectivity index (χ0) is 20.2. The maximum absolute atomic E-state index is 6.15. The highest BCUT2D eigenvalue weighted by Gasteiger charge is 2.32. The Balaban J connectivity index is 1.73. The van der Waals surface area contributed by atoms with E-state index in [1.165, 1.54) is 11.1 Å². The van der Waals surface area contributed by atoms with Crippen LogP contribution in [-0.4, -0.2) is 49.4 Å². The van der Waals surface area contributed by atoms with Gasteiger partial charge in [-0.15, -0.1) is 0 Å². The van der Waals surface area contributed by atoms with Gasteiger partial charge in [0.25, 0.3) is 0 Å². The zero-order valence-corrected chi connectivity index (χ0v) is 17.0. The third kappa shape index (κ3) is 4.19. The highest BCUT2D eigenvalue weighted by molar-refractivity contribution is 6.06. The van der Waals surface area contributed by atoms with Gasteiger partial charge in [0, 0.05) is 24.5 Å². The van der Waals surface area contributed by atoms with Crippen molar-refractivity contribution in [1.29, 1.82) is 0 Å². The number of hydrogen-bond acceptors (Lipinski definition) is 7. The molecular formula is C22H28N6O. The topological polar surface area (TPSA) is 78.5 Å². The molecule has 2 aliphatic heterocycles. The van der Waals surface area contributed by atoms with Crippen LogP contribution in [0.25, 0.3) is 0 Å². The molecule has 0 aliphatic carbocycles. The van der Waals surface area contributed by atoms with Crippen LogP contribution in [-0.2, 0) is 11.2 Å². The number of guanidine groups is 2. The molecule has 0 aromatic heterocycles. The van der Waals surface area contributed by atoms with E-state index in [0.29, 0.717) is 13.2 Å². The Hall–Kier alpha value is -3.06. The monoisotopic (exact) mass is 392 g/mol. The van der Waals surface area contributed by atoms with Crippen LogP contribution in [0.1, 0.15) is 18.1 Å². The number of para-hydroxylation sites is 1. The van der Waals surface area contributed by atoms with Crippen molar-refractivity contribution >= 4 is 23.3 Å². The standard InChI is InChI=1S/C22H28N6O/c1-3-17-6-4-5-7-19(17)24-21-25-20(23)26-22(27-12-14-29-15-13-27)28(21)18-10-8-16(2)9-11-18/h4-11,21,24H,3,12-15H2,1-2H3,(H2,23,25). The van der Waals surface area contributed by atoms with Gasteiger partial charge in [0.2, 0.25) is 18.2 Å². The first-order chi connectivity index (χ1) is 14.2. The Bertz CT molecular complexity index is 902. The Labute approximate surface area is 171 Å². The van der Waals surface area contributed by atoms with Crippen molar-refractivity contribution in [2.45, 2.75) is 26.6 Å². The average Bonchev–Trinajstić information content (AvgIpc) is 2.75. The van der Waals surface area contributed by atoms with Gasteiger partial charge in [-0.05, 0) is 37.1 Å². The number of morpholine rings is 1. The number of rotatable bonds is 4. The van der Waals surface area contributed by atoms with Gasteiger partial charge in [0.1, 0.15) is 0 Å². The summed E-state index contributed by atoms with van der Waals surface area (Å²) in [5.41, 5.74) is 10.7. The number of hydrogen-bond donors (Lipinski definition) is 2. The molecule has 0 saturated carbocycles. The van der Waals surface area contributed by atoms with E-state index < -0.39 is 0 Å². The Morgan fingerprint density at radius 2 is 1.83 bits per heavy atom. The molecule has 2 aliphatic rings. The van der Waals surface area contributed by atoms with Gasteiger partial charge in [-0.2, -0.15) is 4.99 Å². The number of nitrogens with zero attached hydrogens (tertiary/aromatic N) is 4. The van der Waals surface area contributed by atoms with Gasteiger partial charge in [0.15, 0.2) is 0 Å². The van der Waals surface area contributed by atoms with E-state index in [2.05, 4.69) is 81.4 Å². The lowest BCUT2D eigenvalue weighted by molar-refractivity contribution is 0.0671. The molecule has 2 heterocycles. The van der Waals surface area contributed by atoms with Crippen molar-refractivity contribution < 1.29 is 4.74 Å². The molecule has 0 radical (unpaired) electrons. The number of aliphatic imine (C=N–C) groups is 2. The maximum atomic E-state index is 6.15. The highest BCUT2D eigenvalue weighted by atomic mass is 16.5. The van der Waals surface area contributed by atoms with E-state index in [1.54, 1.807) is 0 Å². The summed E-state index contributed by atoms with van der Waals surface area (Å²) in [6.45, 7) is 7.13. The van der Waals surface area contributed by atoms with Crippen LogP contribution in [0.5, 0.6) is 0 Å². The van der Waals surface area contributed by atoms with Crippen LogP contribution in [0.15, 0.2) is 58.5 Å². The number of benzene rings is 2. The van der Waals surface area contributed by atoms with Crippen LogP contribution in [0.2, 0.25) is 0 Å². The molecule has 0 spiro atoms. The van der Waals surface area contributed by atoms with Crippen LogP contribution >= 0.6 is 0 Å². The molecule has 4 rings (SSSR count). The van der Waals surface area contributed by atoms with Crippen LogP contribution in [0.3, 0.4) is 0 Å². The molecule has 7 nitrogen and oxygen atoms in total. The number of nitrogens with one attached hydrogen (secondary N) is 1. The lowest BCUT2D eigenvalue weighted by atomic mass is 10.1. The number of aryl methyl sites for hydroxylation is 2. The summed E-state index contributed by atoms with van der Waals surface area (Å²) in [6, 6.07) is 16.7. The molecular weight excluding hydrogens is 364 g/mol. The lowest BCUT2D eigenvalue weighted by Gasteiger charge is -2.41. The van der Waals surface area contributed by atoms with Gasteiger partial charge in [-0.3, -0.25) is 4.90 Å². The fourth-order valence-corrected chi connectivity index (χ4v) is 3.63. The second-order valence-electron chi connectivity index (χ2n) is 7.23. The summed E-state index contributed by atoms with van der Waals surface area (Å²) >= 11 is 0. The van der Waals surface area contributed by atoms with Crippen LogP contribution < -0.4 is 16.0 Å². The summed E-state index contributed by atoms with van der Waals surface area (Å²) < 4.78 is 5.53. The first-order valence-corrected chi connectivity index (χ1v) is 10.1. The molecule has 1 saturated heterocycles. The Morgan fingerprint density at radius 1 is 1.10 bits per heavy atom. The van der Waals surface area contributed by atoms with Crippen molar-refractivity contribution in [3.63, 3.8) is 0 Å². The molecule has 0 amide bonds. The number of nitrogens with two attached hydrogens (primary N) is 1. The van der Waals surface area contributed by atoms with Crippen LogP contribution in [0, 0.1) is 6.92 Å². The minimum absolute atomic E-state index is 0.279. The fraction of sp³-hybridized carbons (Fsp3) is 0.364. The van der Waals surface area contributed by atoms with Crippen molar-refractivity contribution in [2.75, 3.05) is 36.5 Å². The summed E-state index contributed by atoms with van der Waals surface area (Å²) in [4.78, 5) is 13.6. The van der Waals surface area contributed by atoms with E-state index in [-0.39, 0.29) is 12.2 Å². The largest absolute Gasteiger partial charge is 0.378 e. The van der Waals surface area contributed by atoms with E-state index in [0.717, 1.165) is 36.8 Å². The summed E-state index contributed by atoms with van der Waals surface area (Å²) in [5, 5.41) is 3.58. The van der Waals surface area contributed by atoms with Gasteiger partial charge < -0.3 is 20.7 Å². The van der Waals surface area contributed by atoms with Crippen molar-refractivity contribution in [3.8, 4) is 0 Å². The third-order valence-corrected chi connectivity index (χ3v) is 5.22. The Morgan fingerprint density at radius 3 is 2.55 bits per heavy atom. The molecule has 29 heavy (non-hydrogen) atoms. The van der Waals surface area contributed by atoms with E-state index >= 15 is 0 Å². The molecule has 2 aromatic carbocycles. The number of ether oxygens (including phenoxy) is 1. The van der Waals surface area contributed by atoms with Gasteiger partial charge in [0.05, 0.1) is 13.2 Å². The fourth-order valence-electron chi connectivity index (χ4n) is 3.63. The zero-order valence-electron chi connectivity index (χ0n) is 17.0. The third-order valence-electron chi connectivity index (χ3n) is 5.22. The smallest absolute Gasteiger partial charge is 0.222 e. The first kappa shape index (κ1) is 19.3. The SMILES string of the molecule is CCc1ccccc1NC1N=C(N)N=C(N2CCOCC2)N1c1ccc(C)cc1. The number of anilines is 2. The summed E-state index contributed by atoms with van der Waals surface area (Å²) in [7, 11) is 0. The molecule has 152 valence electrons. The molecule has 1 unspecified atom stereocenters. The lowest BCUT2D eigenvalue weighted by Crippen LogP contribution is -2.57. The highest BCUT2D eigenvalue weighted by Crippen LogP contribution is 2.26. The van der Waals surface area contributed by atoms with Crippen LogP contribution in [0.4, 0.5) is 11.4 Å². The maximum Gasteiger partial charge on any atom is 0.222 e. The second kappa shape index (κ2) is 8.53.